The zero-order valence-corrected chi connectivity index (χ0v) is 17.8. The van der Waals surface area contributed by atoms with E-state index in [4.69, 9.17) is 4.74 Å². The lowest BCUT2D eigenvalue weighted by atomic mass is 9.94. The number of amides is 1. The Hall–Kier alpha value is -2.26. The van der Waals surface area contributed by atoms with Crippen LogP contribution in [-0.4, -0.2) is 50.1 Å². The number of anilines is 1. The van der Waals surface area contributed by atoms with Crippen molar-refractivity contribution < 1.29 is 27.5 Å². The van der Waals surface area contributed by atoms with Crippen molar-refractivity contribution in [3.63, 3.8) is 0 Å². The molecule has 2 rings (SSSR count). The van der Waals surface area contributed by atoms with Crippen molar-refractivity contribution >= 4 is 33.4 Å². The van der Waals surface area contributed by atoms with Crippen LogP contribution in [0.2, 0.25) is 0 Å². The molecule has 0 aliphatic carbocycles. The van der Waals surface area contributed by atoms with Gasteiger partial charge in [-0.15, -0.1) is 0 Å². The highest BCUT2D eigenvalue weighted by molar-refractivity contribution is 7.89. The van der Waals surface area contributed by atoms with Crippen molar-refractivity contribution in [2.24, 2.45) is 11.8 Å². The van der Waals surface area contributed by atoms with Crippen LogP contribution in [0, 0.1) is 11.8 Å². The van der Waals surface area contributed by atoms with Gasteiger partial charge in [0.05, 0.1) is 11.3 Å². The standard InChI is InChI=1S/C20H28N2O6S/c1-14-10-15(2)12-22(11-14)29(26,27)18-7-5-17(6-8-18)21-19(24)13-28-20(25)9-4-16(3)23/h5-8,14-15H,4,9-13H2,1-3H3,(H,21,24)/t14-,15-/m1/s1. The Morgan fingerprint density at radius 2 is 1.66 bits per heavy atom. The van der Waals surface area contributed by atoms with Crippen molar-refractivity contribution in [2.45, 2.75) is 44.9 Å². The second kappa shape index (κ2) is 9.98. The predicted octanol–water partition coefficient (Wildman–Crippen LogP) is 2.20. The van der Waals surface area contributed by atoms with E-state index in [9.17, 15) is 22.8 Å². The molecule has 1 aromatic carbocycles. The summed E-state index contributed by atoms with van der Waals surface area (Å²) in [4.78, 5) is 34.3. The van der Waals surface area contributed by atoms with E-state index in [-0.39, 0.29) is 23.5 Å². The van der Waals surface area contributed by atoms with Crippen LogP contribution in [0.3, 0.4) is 0 Å². The molecule has 1 amide bonds. The monoisotopic (exact) mass is 424 g/mol. The van der Waals surface area contributed by atoms with Crippen molar-refractivity contribution in [3.8, 4) is 0 Å². The van der Waals surface area contributed by atoms with Gasteiger partial charge in [0, 0.05) is 25.2 Å². The van der Waals surface area contributed by atoms with E-state index in [1.165, 1.54) is 35.5 Å². The number of nitrogens with one attached hydrogen (secondary N) is 1. The van der Waals surface area contributed by atoms with Crippen molar-refractivity contribution in [2.75, 3.05) is 25.0 Å². The molecule has 9 heteroatoms. The largest absolute Gasteiger partial charge is 0.456 e. The maximum atomic E-state index is 12.9. The Morgan fingerprint density at radius 1 is 1.07 bits per heavy atom. The maximum absolute atomic E-state index is 12.9. The minimum Gasteiger partial charge on any atom is -0.456 e. The molecule has 1 N–H and O–H groups in total. The molecule has 0 bridgehead atoms. The summed E-state index contributed by atoms with van der Waals surface area (Å²) in [5, 5.41) is 2.54. The number of sulfonamides is 1. The molecule has 1 aromatic rings. The molecule has 1 heterocycles. The van der Waals surface area contributed by atoms with Gasteiger partial charge in [-0.3, -0.25) is 9.59 Å². The van der Waals surface area contributed by atoms with Gasteiger partial charge in [-0.25, -0.2) is 8.42 Å². The lowest BCUT2D eigenvalue weighted by Crippen LogP contribution is -2.42. The topological polar surface area (TPSA) is 110 Å². The number of hydrogen-bond acceptors (Lipinski definition) is 6. The Kier molecular flexibility index (Phi) is 7.92. The third kappa shape index (κ3) is 6.93. The lowest BCUT2D eigenvalue weighted by Gasteiger charge is -2.34. The minimum absolute atomic E-state index is 0.0666. The summed E-state index contributed by atoms with van der Waals surface area (Å²) in [5.41, 5.74) is 0.397. The van der Waals surface area contributed by atoms with Crippen LogP contribution in [0.15, 0.2) is 29.2 Å². The van der Waals surface area contributed by atoms with Crippen LogP contribution >= 0.6 is 0 Å². The number of carbonyl (C=O) groups is 3. The van der Waals surface area contributed by atoms with Crippen LogP contribution < -0.4 is 5.32 Å². The van der Waals surface area contributed by atoms with Gasteiger partial charge in [0.2, 0.25) is 10.0 Å². The SMILES string of the molecule is CC(=O)CCC(=O)OCC(=O)Nc1ccc(S(=O)(=O)N2C[C@H](C)C[C@@H](C)C2)cc1. The van der Waals surface area contributed by atoms with Gasteiger partial charge in [-0.2, -0.15) is 4.31 Å². The normalized spacial score (nSPS) is 20.1. The highest BCUT2D eigenvalue weighted by atomic mass is 32.2. The zero-order chi connectivity index (χ0) is 21.6. The first-order valence-corrected chi connectivity index (χ1v) is 11.1. The number of piperidine rings is 1. The highest BCUT2D eigenvalue weighted by Gasteiger charge is 2.31. The molecule has 1 fully saturated rings. The van der Waals surface area contributed by atoms with Crippen LogP contribution in [0.25, 0.3) is 0 Å². The molecule has 0 aromatic heterocycles. The lowest BCUT2D eigenvalue weighted by molar-refractivity contribution is -0.148. The number of Topliss-reactive ketones (excluding diaryl/α,β-unsaturated/α-hetero) is 1. The van der Waals surface area contributed by atoms with E-state index in [0.717, 1.165) is 6.42 Å². The molecule has 8 nitrogen and oxygen atoms in total. The molecule has 1 saturated heterocycles. The molecular formula is C20H28N2O6S. The number of carbonyl (C=O) groups excluding carboxylic acids is 3. The van der Waals surface area contributed by atoms with E-state index >= 15 is 0 Å². The van der Waals surface area contributed by atoms with E-state index in [1.54, 1.807) is 0 Å². The number of rotatable bonds is 8. The average Bonchev–Trinajstić information content (AvgIpc) is 2.64. The molecule has 160 valence electrons. The van der Waals surface area contributed by atoms with Crippen molar-refractivity contribution in [1.82, 2.24) is 4.31 Å². The van der Waals surface area contributed by atoms with Gasteiger partial charge < -0.3 is 14.8 Å². The third-order valence-electron chi connectivity index (χ3n) is 4.66. The second-order valence-electron chi connectivity index (χ2n) is 7.70. The predicted molar refractivity (Wildman–Crippen MR) is 108 cm³/mol. The Bertz CT molecular complexity index is 840. The van der Waals surface area contributed by atoms with Gasteiger partial charge in [-0.1, -0.05) is 13.8 Å². The molecule has 1 aliphatic rings. The summed E-state index contributed by atoms with van der Waals surface area (Å²) in [5.74, 6) is -0.678. The van der Waals surface area contributed by atoms with Crippen molar-refractivity contribution in [1.29, 1.82) is 0 Å². The summed E-state index contributed by atoms with van der Waals surface area (Å²) in [7, 11) is -3.58. The minimum atomic E-state index is -3.58. The first-order valence-electron chi connectivity index (χ1n) is 9.63. The third-order valence-corrected chi connectivity index (χ3v) is 6.50. The number of ether oxygens (including phenoxy) is 1. The number of benzene rings is 1. The maximum Gasteiger partial charge on any atom is 0.306 e. The van der Waals surface area contributed by atoms with Crippen LogP contribution in [-0.2, 0) is 29.1 Å². The molecule has 0 spiro atoms. The van der Waals surface area contributed by atoms with E-state index in [1.807, 2.05) is 13.8 Å². The van der Waals surface area contributed by atoms with Crippen molar-refractivity contribution in [3.05, 3.63) is 24.3 Å². The first-order chi connectivity index (χ1) is 13.6. The molecule has 0 radical (unpaired) electrons. The molecule has 0 saturated carbocycles. The van der Waals surface area contributed by atoms with Crippen LogP contribution in [0.5, 0.6) is 0 Å². The molecule has 0 unspecified atom stereocenters. The molecule has 1 aliphatic heterocycles. The zero-order valence-electron chi connectivity index (χ0n) is 17.0. The Balaban J connectivity index is 1.91. The molecule has 2 atom stereocenters. The first kappa shape index (κ1) is 23.0. The highest BCUT2D eigenvalue weighted by Crippen LogP contribution is 2.27. The summed E-state index contributed by atoms with van der Waals surface area (Å²) in [6, 6.07) is 5.90. The van der Waals surface area contributed by atoms with Gasteiger partial charge in [-0.05, 0) is 49.4 Å². The van der Waals surface area contributed by atoms with Gasteiger partial charge in [0.15, 0.2) is 6.61 Å². The fourth-order valence-electron chi connectivity index (χ4n) is 3.35. The van der Waals surface area contributed by atoms with E-state index in [2.05, 4.69) is 5.32 Å². The fourth-order valence-corrected chi connectivity index (χ4v) is 5.03. The number of nitrogens with zero attached hydrogens (tertiary/aromatic N) is 1. The quantitative estimate of drug-likeness (QED) is 0.641. The average molecular weight is 425 g/mol. The molecule has 29 heavy (non-hydrogen) atoms. The Morgan fingerprint density at radius 3 is 2.21 bits per heavy atom. The van der Waals surface area contributed by atoms with Gasteiger partial charge in [0.1, 0.15) is 5.78 Å². The summed E-state index contributed by atoms with van der Waals surface area (Å²) in [6.07, 6.45) is 1.02. The van der Waals surface area contributed by atoms with Gasteiger partial charge in [0.25, 0.3) is 5.91 Å². The van der Waals surface area contributed by atoms with Crippen LogP contribution in [0.4, 0.5) is 5.69 Å². The Labute approximate surface area is 171 Å². The van der Waals surface area contributed by atoms with Crippen LogP contribution in [0.1, 0.15) is 40.0 Å². The fraction of sp³-hybridized carbons (Fsp3) is 0.550. The van der Waals surface area contributed by atoms with Gasteiger partial charge >= 0.3 is 5.97 Å². The summed E-state index contributed by atoms with van der Waals surface area (Å²) in [6.45, 7) is 5.99. The molecular weight excluding hydrogens is 396 g/mol. The summed E-state index contributed by atoms with van der Waals surface area (Å²) >= 11 is 0. The number of ketones is 1. The number of hydrogen-bond donors (Lipinski definition) is 1. The van der Waals surface area contributed by atoms with E-state index < -0.39 is 28.5 Å². The second-order valence-corrected chi connectivity index (χ2v) is 9.64. The number of esters is 1. The van der Waals surface area contributed by atoms with E-state index in [0.29, 0.717) is 30.6 Å². The smallest absolute Gasteiger partial charge is 0.306 e. The summed E-state index contributed by atoms with van der Waals surface area (Å²) < 4.78 is 32.0.